The van der Waals surface area contributed by atoms with E-state index in [1.54, 1.807) is 0 Å². The summed E-state index contributed by atoms with van der Waals surface area (Å²) in [5.74, 6) is -1.95. The van der Waals surface area contributed by atoms with Crippen molar-refractivity contribution >= 4 is 17.7 Å². The molecule has 2 rings (SSSR count). The van der Waals surface area contributed by atoms with Crippen molar-refractivity contribution in [1.29, 1.82) is 0 Å². The summed E-state index contributed by atoms with van der Waals surface area (Å²) in [6, 6.07) is 0. The molecule has 0 saturated carbocycles. The highest BCUT2D eigenvalue weighted by molar-refractivity contribution is 6.07. The van der Waals surface area contributed by atoms with Gasteiger partial charge in [0.1, 0.15) is 5.92 Å². The lowest BCUT2D eigenvalue weighted by Gasteiger charge is -2.26. The summed E-state index contributed by atoms with van der Waals surface area (Å²) < 4.78 is 5.23. The van der Waals surface area contributed by atoms with Gasteiger partial charge in [-0.2, -0.15) is 0 Å². The fourth-order valence-corrected chi connectivity index (χ4v) is 2.26. The van der Waals surface area contributed by atoms with Crippen molar-refractivity contribution in [2.45, 2.75) is 6.42 Å². The van der Waals surface area contributed by atoms with Gasteiger partial charge in [-0.15, -0.1) is 0 Å². The third kappa shape index (κ3) is 3.67. The van der Waals surface area contributed by atoms with Crippen LogP contribution in [0.3, 0.4) is 0 Å². The maximum atomic E-state index is 11.7. The first-order chi connectivity index (χ1) is 9.58. The molecular formula is C12H20N4O4. The van der Waals surface area contributed by atoms with Crippen LogP contribution in [-0.4, -0.2) is 74.1 Å². The number of ether oxygens (including phenoxy) is 1. The fourth-order valence-electron chi connectivity index (χ4n) is 2.26. The first-order valence-electron chi connectivity index (χ1n) is 6.73. The summed E-state index contributed by atoms with van der Waals surface area (Å²) in [5.41, 5.74) is 2.37. The second-order valence-electron chi connectivity index (χ2n) is 4.93. The molecule has 2 N–H and O–H groups in total. The van der Waals surface area contributed by atoms with E-state index in [-0.39, 0.29) is 18.2 Å². The van der Waals surface area contributed by atoms with E-state index in [4.69, 9.17) is 4.74 Å². The molecule has 1 atom stereocenters. The van der Waals surface area contributed by atoms with Gasteiger partial charge >= 0.3 is 0 Å². The number of rotatable bonds is 5. The summed E-state index contributed by atoms with van der Waals surface area (Å²) in [7, 11) is 1.47. The van der Waals surface area contributed by atoms with Gasteiger partial charge in [0, 0.05) is 39.6 Å². The van der Waals surface area contributed by atoms with Gasteiger partial charge in [0.25, 0.3) is 11.8 Å². The molecule has 0 aromatic heterocycles. The molecule has 0 radical (unpaired) electrons. The number of morpholine rings is 1. The van der Waals surface area contributed by atoms with Crippen LogP contribution in [0.4, 0.5) is 0 Å². The van der Waals surface area contributed by atoms with Gasteiger partial charge in [-0.3, -0.25) is 29.7 Å². The minimum Gasteiger partial charge on any atom is -0.379 e. The number of nitrogens with one attached hydrogen (secondary N) is 2. The Kier molecular flexibility index (Phi) is 4.91. The van der Waals surface area contributed by atoms with E-state index in [9.17, 15) is 14.4 Å². The Hall–Kier alpha value is -1.67. The minimum atomic E-state index is -0.900. The van der Waals surface area contributed by atoms with E-state index in [1.165, 1.54) is 7.05 Å². The summed E-state index contributed by atoms with van der Waals surface area (Å²) in [4.78, 5) is 37.0. The SMILES string of the molecule is CN1NC(=O)C(CC(=O)NCCN2CCOCC2)C1=O. The Morgan fingerprint density at radius 2 is 2.10 bits per heavy atom. The van der Waals surface area contributed by atoms with E-state index in [1.807, 2.05) is 0 Å². The van der Waals surface area contributed by atoms with Gasteiger partial charge < -0.3 is 10.1 Å². The molecule has 0 aromatic carbocycles. The summed E-state index contributed by atoms with van der Waals surface area (Å²) in [6.07, 6.45) is -0.0991. The Bertz CT molecular complexity index is 395. The van der Waals surface area contributed by atoms with Crippen molar-refractivity contribution in [3.05, 3.63) is 0 Å². The number of nitrogens with zero attached hydrogens (tertiary/aromatic N) is 2. The second kappa shape index (κ2) is 6.67. The van der Waals surface area contributed by atoms with Crippen molar-refractivity contribution in [2.24, 2.45) is 5.92 Å². The number of amides is 3. The van der Waals surface area contributed by atoms with Crippen LogP contribution in [0.1, 0.15) is 6.42 Å². The lowest BCUT2D eigenvalue weighted by molar-refractivity contribution is -0.135. The van der Waals surface area contributed by atoms with Crippen LogP contribution in [0.2, 0.25) is 0 Å². The van der Waals surface area contributed by atoms with Gasteiger partial charge in [0.15, 0.2) is 0 Å². The monoisotopic (exact) mass is 284 g/mol. The van der Waals surface area contributed by atoms with E-state index < -0.39 is 11.8 Å². The maximum Gasteiger partial charge on any atom is 0.253 e. The fraction of sp³-hybridized carbons (Fsp3) is 0.750. The Morgan fingerprint density at radius 1 is 1.40 bits per heavy atom. The van der Waals surface area contributed by atoms with Crippen LogP contribution in [0.25, 0.3) is 0 Å². The molecule has 8 nitrogen and oxygen atoms in total. The highest BCUT2D eigenvalue weighted by Crippen LogP contribution is 2.12. The molecule has 2 aliphatic heterocycles. The topological polar surface area (TPSA) is 91.0 Å². The molecule has 3 amide bonds. The highest BCUT2D eigenvalue weighted by Gasteiger charge is 2.38. The predicted octanol–water partition coefficient (Wildman–Crippen LogP) is -2.06. The van der Waals surface area contributed by atoms with Crippen molar-refractivity contribution in [2.75, 3.05) is 46.4 Å². The van der Waals surface area contributed by atoms with E-state index in [2.05, 4.69) is 15.6 Å². The molecule has 20 heavy (non-hydrogen) atoms. The first-order valence-corrected chi connectivity index (χ1v) is 6.73. The number of hydrogen-bond donors (Lipinski definition) is 2. The third-order valence-electron chi connectivity index (χ3n) is 3.47. The smallest absolute Gasteiger partial charge is 0.253 e. The molecule has 2 saturated heterocycles. The van der Waals surface area contributed by atoms with Crippen LogP contribution in [0.15, 0.2) is 0 Å². The van der Waals surface area contributed by atoms with E-state index in [0.717, 1.165) is 37.9 Å². The van der Waals surface area contributed by atoms with Gasteiger partial charge in [0.2, 0.25) is 5.91 Å². The highest BCUT2D eigenvalue weighted by atomic mass is 16.5. The molecule has 2 fully saturated rings. The second-order valence-corrected chi connectivity index (χ2v) is 4.93. The first kappa shape index (κ1) is 14.7. The summed E-state index contributed by atoms with van der Waals surface area (Å²) in [6.45, 7) is 4.43. The molecule has 2 aliphatic rings. The Balaban J connectivity index is 1.67. The zero-order valence-electron chi connectivity index (χ0n) is 11.6. The standard InChI is InChI=1S/C12H20N4O4/c1-15-12(19)9(11(18)14-15)8-10(17)13-2-3-16-4-6-20-7-5-16/h9H,2-8H2,1H3,(H,13,17)(H,14,18). The molecule has 112 valence electrons. The van der Waals surface area contributed by atoms with Gasteiger partial charge in [-0.1, -0.05) is 0 Å². The average Bonchev–Trinajstić information content (AvgIpc) is 2.67. The lowest BCUT2D eigenvalue weighted by atomic mass is 10.1. The molecular weight excluding hydrogens is 264 g/mol. The van der Waals surface area contributed by atoms with Crippen molar-refractivity contribution in [3.8, 4) is 0 Å². The zero-order valence-corrected chi connectivity index (χ0v) is 11.6. The molecule has 1 unspecified atom stereocenters. The summed E-state index contributed by atoms with van der Waals surface area (Å²) in [5, 5.41) is 3.86. The largest absolute Gasteiger partial charge is 0.379 e. The van der Waals surface area contributed by atoms with Crippen molar-refractivity contribution in [3.63, 3.8) is 0 Å². The van der Waals surface area contributed by atoms with Gasteiger partial charge in [0.05, 0.1) is 13.2 Å². The van der Waals surface area contributed by atoms with Crippen LogP contribution >= 0.6 is 0 Å². The van der Waals surface area contributed by atoms with Crippen LogP contribution in [-0.2, 0) is 19.1 Å². The van der Waals surface area contributed by atoms with Gasteiger partial charge in [-0.05, 0) is 0 Å². The van der Waals surface area contributed by atoms with Gasteiger partial charge in [-0.25, -0.2) is 0 Å². The average molecular weight is 284 g/mol. The normalized spacial score (nSPS) is 23.9. The number of hydrazine groups is 1. The predicted molar refractivity (Wildman–Crippen MR) is 69.3 cm³/mol. The number of carbonyl (C=O) groups excluding carboxylic acids is 3. The molecule has 0 aromatic rings. The van der Waals surface area contributed by atoms with E-state index in [0.29, 0.717) is 6.54 Å². The molecule has 8 heteroatoms. The Morgan fingerprint density at radius 3 is 2.70 bits per heavy atom. The number of hydrogen-bond acceptors (Lipinski definition) is 5. The molecule has 0 spiro atoms. The van der Waals surface area contributed by atoms with E-state index >= 15 is 0 Å². The lowest BCUT2D eigenvalue weighted by Crippen LogP contribution is -2.41. The third-order valence-corrected chi connectivity index (χ3v) is 3.47. The summed E-state index contributed by atoms with van der Waals surface area (Å²) >= 11 is 0. The quantitative estimate of drug-likeness (QED) is 0.567. The van der Waals surface area contributed by atoms with Crippen LogP contribution < -0.4 is 10.7 Å². The van der Waals surface area contributed by atoms with Crippen LogP contribution in [0, 0.1) is 5.92 Å². The number of carbonyl (C=O) groups is 3. The molecule has 2 heterocycles. The van der Waals surface area contributed by atoms with Crippen LogP contribution in [0.5, 0.6) is 0 Å². The van der Waals surface area contributed by atoms with Crippen molar-refractivity contribution < 1.29 is 19.1 Å². The minimum absolute atomic E-state index is 0.0991. The molecule has 0 aliphatic carbocycles. The molecule has 0 bridgehead atoms. The Labute approximate surface area is 117 Å². The maximum absolute atomic E-state index is 11.7. The van der Waals surface area contributed by atoms with Crippen molar-refractivity contribution in [1.82, 2.24) is 20.7 Å². The zero-order chi connectivity index (χ0) is 14.5.